The smallest absolute Gasteiger partial charge is 0.278 e. The number of ether oxygens (including phenoxy) is 1. The highest BCUT2D eigenvalue weighted by Gasteiger charge is 2.05. The number of halogens is 1. The lowest BCUT2D eigenvalue weighted by Crippen LogP contribution is -2.23. The van der Waals surface area contributed by atoms with Crippen LogP contribution in [0.4, 0.5) is 0 Å². The number of nitrogens with two attached hydrogens (primary N) is 1. The Morgan fingerprint density at radius 3 is 2.67 bits per heavy atom. The molecule has 0 radical (unpaired) electrons. The van der Waals surface area contributed by atoms with E-state index in [0.717, 1.165) is 0 Å². The normalized spacial score (nSPS) is 11.9. The molecule has 5 nitrogen and oxygen atoms in total. The Balaban J connectivity index is 0.00000121. The molecule has 0 spiro atoms. The Kier molecular flexibility index (Phi) is 4.61. The SMILES string of the molecule is Cc1nonc1OCC(C)N.Cl. The number of nitrogens with zero attached hydrogens (tertiary/aromatic N) is 2. The molecule has 0 aliphatic carbocycles. The highest BCUT2D eigenvalue weighted by molar-refractivity contribution is 5.85. The van der Waals surface area contributed by atoms with Crippen molar-refractivity contribution >= 4 is 12.4 Å². The van der Waals surface area contributed by atoms with Crippen LogP contribution in [0.2, 0.25) is 0 Å². The Morgan fingerprint density at radius 1 is 1.58 bits per heavy atom. The summed E-state index contributed by atoms with van der Waals surface area (Å²) in [6.07, 6.45) is 0. The van der Waals surface area contributed by atoms with Crippen LogP contribution in [0.5, 0.6) is 5.88 Å². The monoisotopic (exact) mass is 193 g/mol. The van der Waals surface area contributed by atoms with Crippen LogP contribution in [0.25, 0.3) is 0 Å². The summed E-state index contributed by atoms with van der Waals surface area (Å²) in [4.78, 5) is 0. The zero-order chi connectivity index (χ0) is 8.27. The van der Waals surface area contributed by atoms with Crippen molar-refractivity contribution in [2.24, 2.45) is 5.73 Å². The second-order valence-corrected chi connectivity index (χ2v) is 2.44. The van der Waals surface area contributed by atoms with Crippen molar-refractivity contribution in [3.05, 3.63) is 5.69 Å². The molecule has 6 heteroatoms. The van der Waals surface area contributed by atoms with Gasteiger partial charge in [-0.05, 0) is 19.0 Å². The van der Waals surface area contributed by atoms with E-state index < -0.39 is 0 Å². The van der Waals surface area contributed by atoms with Crippen LogP contribution in [0.15, 0.2) is 4.63 Å². The minimum absolute atomic E-state index is 0. The molecule has 1 atom stereocenters. The van der Waals surface area contributed by atoms with E-state index in [2.05, 4.69) is 14.9 Å². The largest absolute Gasteiger partial charge is 0.473 e. The Morgan fingerprint density at radius 2 is 2.25 bits per heavy atom. The summed E-state index contributed by atoms with van der Waals surface area (Å²) in [7, 11) is 0. The zero-order valence-corrected chi connectivity index (χ0v) is 7.80. The average Bonchev–Trinajstić information content (AvgIpc) is 2.31. The molecule has 0 aliphatic heterocycles. The molecule has 1 aromatic heterocycles. The van der Waals surface area contributed by atoms with Gasteiger partial charge in [0.1, 0.15) is 12.3 Å². The van der Waals surface area contributed by atoms with Crippen molar-refractivity contribution in [1.29, 1.82) is 0 Å². The summed E-state index contributed by atoms with van der Waals surface area (Å²) in [6.45, 7) is 4.03. The van der Waals surface area contributed by atoms with Gasteiger partial charge in [-0.25, -0.2) is 4.63 Å². The lowest BCUT2D eigenvalue weighted by Gasteiger charge is -2.04. The average molecular weight is 194 g/mol. The van der Waals surface area contributed by atoms with Crippen molar-refractivity contribution in [1.82, 2.24) is 10.3 Å². The van der Waals surface area contributed by atoms with Gasteiger partial charge in [0.05, 0.1) is 0 Å². The molecule has 1 rings (SSSR count). The van der Waals surface area contributed by atoms with Crippen LogP contribution in [0.1, 0.15) is 12.6 Å². The highest BCUT2D eigenvalue weighted by atomic mass is 35.5. The summed E-state index contributed by atoms with van der Waals surface area (Å²) < 4.78 is 9.56. The highest BCUT2D eigenvalue weighted by Crippen LogP contribution is 2.09. The molecular weight excluding hydrogens is 182 g/mol. The van der Waals surface area contributed by atoms with E-state index in [1.165, 1.54) is 0 Å². The Hall–Kier alpha value is -0.810. The van der Waals surface area contributed by atoms with E-state index in [1.54, 1.807) is 6.92 Å². The van der Waals surface area contributed by atoms with Crippen LogP contribution in [0.3, 0.4) is 0 Å². The molecule has 0 fully saturated rings. The van der Waals surface area contributed by atoms with Crippen LogP contribution in [0, 0.1) is 6.92 Å². The summed E-state index contributed by atoms with van der Waals surface area (Å²) >= 11 is 0. The second-order valence-electron chi connectivity index (χ2n) is 2.44. The number of aryl methyl sites for hydroxylation is 1. The van der Waals surface area contributed by atoms with Gasteiger partial charge in [0, 0.05) is 6.04 Å². The third-order valence-electron chi connectivity index (χ3n) is 1.09. The molecule has 0 aromatic carbocycles. The molecule has 1 heterocycles. The third kappa shape index (κ3) is 3.06. The molecule has 0 bridgehead atoms. The van der Waals surface area contributed by atoms with Gasteiger partial charge in [-0.1, -0.05) is 5.16 Å². The van der Waals surface area contributed by atoms with Crippen molar-refractivity contribution < 1.29 is 9.37 Å². The molecule has 2 N–H and O–H groups in total. The number of aromatic nitrogens is 2. The molecule has 0 aliphatic rings. The fraction of sp³-hybridized carbons (Fsp3) is 0.667. The summed E-state index contributed by atoms with van der Waals surface area (Å²) in [5.74, 6) is 0.419. The van der Waals surface area contributed by atoms with Gasteiger partial charge in [-0.3, -0.25) is 0 Å². The molecule has 0 amide bonds. The van der Waals surface area contributed by atoms with Crippen molar-refractivity contribution in [3.8, 4) is 5.88 Å². The molecule has 0 saturated heterocycles. The quantitative estimate of drug-likeness (QED) is 0.758. The lowest BCUT2D eigenvalue weighted by molar-refractivity contribution is 0.246. The summed E-state index contributed by atoms with van der Waals surface area (Å²) in [5, 5.41) is 7.07. The van der Waals surface area contributed by atoms with E-state index in [0.29, 0.717) is 18.2 Å². The minimum atomic E-state index is -0.00824. The second kappa shape index (κ2) is 4.95. The maximum absolute atomic E-state index is 5.46. The van der Waals surface area contributed by atoms with Gasteiger partial charge in [-0.15, -0.1) is 12.4 Å². The van der Waals surface area contributed by atoms with Gasteiger partial charge >= 0.3 is 0 Å². The van der Waals surface area contributed by atoms with Crippen LogP contribution in [-0.2, 0) is 0 Å². The topological polar surface area (TPSA) is 74.2 Å². The van der Waals surface area contributed by atoms with Gasteiger partial charge < -0.3 is 10.5 Å². The van der Waals surface area contributed by atoms with Crippen molar-refractivity contribution in [3.63, 3.8) is 0 Å². The van der Waals surface area contributed by atoms with E-state index in [9.17, 15) is 0 Å². The maximum atomic E-state index is 5.46. The fourth-order valence-electron chi connectivity index (χ4n) is 0.565. The predicted molar refractivity (Wildman–Crippen MR) is 45.4 cm³/mol. The van der Waals surface area contributed by atoms with Gasteiger partial charge in [-0.2, -0.15) is 0 Å². The fourth-order valence-corrected chi connectivity index (χ4v) is 0.565. The minimum Gasteiger partial charge on any atom is -0.473 e. The number of hydrogen-bond donors (Lipinski definition) is 1. The molecule has 1 unspecified atom stereocenters. The van der Waals surface area contributed by atoms with Crippen LogP contribution < -0.4 is 10.5 Å². The van der Waals surface area contributed by atoms with E-state index >= 15 is 0 Å². The number of hydrogen-bond acceptors (Lipinski definition) is 5. The third-order valence-corrected chi connectivity index (χ3v) is 1.09. The first-order valence-corrected chi connectivity index (χ1v) is 3.37. The molecule has 1 aromatic rings. The molecular formula is C6H12ClN3O2. The first kappa shape index (κ1) is 11.2. The van der Waals surface area contributed by atoms with Crippen LogP contribution in [-0.4, -0.2) is 23.0 Å². The predicted octanol–water partition coefficient (Wildman–Crippen LogP) is 0.526. The molecule has 70 valence electrons. The first-order valence-electron chi connectivity index (χ1n) is 3.37. The lowest BCUT2D eigenvalue weighted by atomic mass is 10.4. The van der Waals surface area contributed by atoms with Crippen molar-refractivity contribution in [2.75, 3.05) is 6.61 Å². The van der Waals surface area contributed by atoms with Gasteiger partial charge in [0.2, 0.25) is 0 Å². The molecule has 12 heavy (non-hydrogen) atoms. The van der Waals surface area contributed by atoms with E-state index in [1.807, 2.05) is 6.92 Å². The Bertz CT molecular complexity index is 226. The van der Waals surface area contributed by atoms with Crippen LogP contribution >= 0.6 is 12.4 Å². The van der Waals surface area contributed by atoms with E-state index in [-0.39, 0.29) is 18.4 Å². The van der Waals surface area contributed by atoms with E-state index in [4.69, 9.17) is 10.5 Å². The standard InChI is InChI=1S/C6H11N3O2.ClH/c1-4(7)3-10-6-5(2)8-11-9-6;/h4H,3,7H2,1-2H3;1H. The van der Waals surface area contributed by atoms with Gasteiger partial charge in [0.15, 0.2) is 0 Å². The Labute approximate surface area is 76.6 Å². The molecule has 0 saturated carbocycles. The summed E-state index contributed by atoms with van der Waals surface area (Å²) in [6, 6.07) is -0.00824. The first-order chi connectivity index (χ1) is 5.20. The van der Waals surface area contributed by atoms with Gasteiger partial charge in [0.25, 0.3) is 5.88 Å². The zero-order valence-electron chi connectivity index (χ0n) is 6.98. The maximum Gasteiger partial charge on any atom is 0.278 e. The van der Waals surface area contributed by atoms with Crippen molar-refractivity contribution in [2.45, 2.75) is 19.9 Å². The summed E-state index contributed by atoms with van der Waals surface area (Å²) in [5.41, 5.74) is 6.10. The number of rotatable bonds is 3.